The zero-order chi connectivity index (χ0) is 13.7. The molecular weight excluding hydrogens is 238 g/mol. The maximum atomic E-state index is 10.6. The summed E-state index contributed by atoms with van der Waals surface area (Å²) in [5.74, 6) is 0. The Morgan fingerprint density at radius 2 is 2.17 bits per heavy atom. The highest BCUT2D eigenvalue weighted by molar-refractivity contribution is 5.59. The van der Waals surface area contributed by atoms with Gasteiger partial charge in [-0.2, -0.15) is 0 Å². The molecule has 1 aromatic carbocycles. The predicted octanol–water partition coefficient (Wildman–Crippen LogP) is 0.181. The van der Waals surface area contributed by atoms with Gasteiger partial charge in [-0.1, -0.05) is 0 Å². The average Bonchev–Trinajstić information content (AvgIpc) is 2.34. The number of benzene rings is 1. The first-order valence-corrected chi connectivity index (χ1v) is 5.52. The summed E-state index contributed by atoms with van der Waals surface area (Å²) in [4.78, 5) is 9.99. The Kier molecular flexibility index (Phi) is 5.02. The number of rotatable bonds is 6. The summed E-state index contributed by atoms with van der Waals surface area (Å²) in [6.07, 6.45) is -1.69. The minimum absolute atomic E-state index is 0.0302. The molecule has 0 bridgehead atoms. The van der Waals surface area contributed by atoms with Crippen molar-refractivity contribution in [2.24, 2.45) is 0 Å². The lowest BCUT2D eigenvalue weighted by atomic mass is 10.0. The Bertz CT molecular complexity index is 425. The molecule has 2 atom stereocenters. The molecule has 100 valence electrons. The summed E-state index contributed by atoms with van der Waals surface area (Å²) in [6.45, 7) is 0.556. The van der Waals surface area contributed by atoms with Crippen LogP contribution in [0.15, 0.2) is 18.2 Å². The summed E-state index contributed by atoms with van der Waals surface area (Å²) >= 11 is 0. The molecule has 0 saturated carbocycles. The summed E-state index contributed by atoms with van der Waals surface area (Å²) in [7, 11) is 1.74. The normalized spacial score (nSPS) is 14.2. The van der Waals surface area contributed by atoms with Crippen molar-refractivity contribution >= 4 is 11.4 Å². The maximum Gasteiger partial charge on any atom is 0.292 e. The second kappa shape index (κ2) is 6.29. The van der Waals surface area contributed by atoms with E-state index in [1.807, 2.05) is 0 Å². The molecule has 18 heavy (non-hydrogen) atoms. The van der Waals surface area contributed by atoms with E-state index in [4.69, 9.17) is 5.73 Å². The van der Waals surface area contributed by atoms with Gasteiger partial charge in [0.2, 0.25) is 0 Å². The van der Waals surface area contributed by atoms with Crippen LogP contribution >= 0.6 is 0 Å². The van der Waals surface area contributed by atoms with Crippen molar-refractivity contribution in [1.82, 2.24) is 5.32 Å². The molecule has 1 rings (SSSR count). The molecule has 0 aliphatic carbocycles. The van der Waals surface area contributed by atoms with Gasteiger partial charge in [0.05, 0.1) is 11.0 Å². The molecule has 0 heterocycles. The van der Waals surface area contributed by atoms with Crippen LogP contribution in [0.2, 0.25) is 0 Å². The van der Waals surface area contributed by atoms with Crippen LogP contribution in [0, 0.1) is 10.1 Å². The fraction of sp³-hybridized carbons (Fsp3) is 0.455. The fourth-order valence-corrected chi connectivity index (χ4v) is 1.60. The van der Waals surface area contributed by atoms with Crippen molar-refractivity contribution in [2.45, 2.75) is 18.6 Å². The van der Waals surface area contributed by atoms with E-state index in [2.05, 4.69) is 5.32 Å². The minimum atomic E-state index is -1.11. The first-order chi connectivity index (χ1) is 8.47. The monoisotopic (exact) mass is 255 g/mol. The van der Waals surface area contributed by atoms with E-state index in [-0.39, 0.29) is 11.4 Å². The van der Waals surface area contributed by atoms with Gasteiger partial charge >= 0.3 is 0 Å². The first kappa shape index (κ1) is 14.4. The van der Waals surface area contributed by atoms with E-state index in [0.29, 0.717) is 18.5 Å². The molecule has 0 radical (unpaired) electrons. The Labute approximate surface area is 104 Å². The number of nitrogen functional groups attached to an aromatic ring is 1. The molecule has 0 aliphatic rings. The summed E-state index contributed by atoms with van der Waals surface area (Å²) < 4.78 is 0. The lowest BCUT2D eigenvalue weighted by Gasteiger charge is -2.18. The summed E-state index contributed by atoms with van der Waals surface area (Å²) in [5.41, 5.74) is 5.63. The number of nitro groups is 1. The van der Waals surface area contributed by atoms with Gasteiger partial charge < -0.3 is 21.3 Å². The van der Waals surface area contributed by atoms with E-state index in [0.717, 1.165) is 0 Å². The van der Waals surface area contributed by atoms with Crippen LogP contribution in [0.25, 0.3) is 0 Å². The molecule has 0 aliphatic heterocycles. The van der Waals surface area contributed by atoms with Crippen LogP contribution in [0.4, 0.5) is 11.4 Å². The van der Waals surface area contributed by atoms with E-state index in [1.165, 1.54) is 18.2 Å². The Morgan fingerprint density at radius 3 is 2.67 bits per heavy atom. The van der Waals surface area contributed by atoms with Gasteiger partial charge in [0.25, 0.3) is 5.69 Å². The number of nitrogens with zero attached hydrogens (tertiary/aromatic N) is 1. The topological polar surface area (TPSA) is 122 Å². The molecular formula is C11H17N3O4. The number of nitrogens with one attached hydrogen (secondary N) is 1. The Morgan fingerprint density at radius 1 is 1.50 bits per heavy atom. The van der Waals surface area contributed by atoms with Crippen molar-refractivity contribution in [3.8, 4) is 0 Å². The Balaban J connectivity index is 2.83. The number of nitrogens with two attached hydrogens (primary N) is 1. The van der Waals surface area contributed by atoms with Crippen LogP contribution in [0.1, 0.15) is 18.1 Å². The van der Waals surface area contributed by atoms with Crippen LogP contribution in [0.5, 0.6) is 0 Å². The van der Waals surface area contributed by atoms with Crippen LogP contribution in [0.3, 0.4) is 0 Å². The van der Waals surface area contributed by atoms with Gasteiger partial charge in [0.1, 0.15) is 11.8 Å². The number of anilines is 1. The van der Waals surface area contributed by atoms with Crippen LogP contribution < -0.4 is 11.1 Å². The number of nitro benzene ring substituents is 1. The van der Waals surface area contributed by atoms with Crippen molar-refractivity contribution < 1.29 is 15.1 Å². The molecule has 7 nitrogen and oxygen atoms in total. The number of aliphatic hydroxyl groups is 2. The van der Waals surface area contributed by atoms with Gasteiger partial charge in [-0.15, -0.1) is 0 Å². The zero-order valence-electron chi connectivity index (χ0n) is 10.0. The van der Waals surface area contributed by atoms with Gasteiger partial charge in [-0.3, -0.25) is 10.1 Å². The van der Waals surface area contributed by atoms with Crippen molar-refractivity contribution in [2.75, 3.05) is 19.3 Å². The zero-order valence-corrected chi connectivity index (χ0v) is 10.0. The highest BCUT2D eigenvalue weighted by atomic mass is 16.6. The summed E-state index contributed by atoms with van der Waals surface area (Å²) in [5, 5.41) is 33.0. The SMILES string of the molecule is CNCCC(O)C(O)c1ccc([N+](=O)[O-])c(N)c1. The lowest BCUT2D eigenvalue weighted by molar-refractivity contribution is -0.383. The van der Waals surface area contributed by atoms with Crippen molar-refractivity contribution in [3.05, 3.63) is 33.9 Å². The van der Waals surface area contributed by atoms with E-state index in [9.17, 15) is 20.3 Å². The van der Waals surface area contributed by atoms with Crippen LogP contribution in [-0.2, 0) is 0 Å². The summed E-state index contributed by atoms with van der Waals surface area (Å²) in [6, 6.07) is 3.92. The van der Waals surface area contributed by atoms with Gasteiger partial charge in [-0.25, -0.2) is 0 Å². The third kappa shape index (κ3) is 3.39. The van der Waals surface area contributed by atoms with E-state index in [1.54, 1.807) is 7.05 Å². The molecule has 0 aromatic heterocycles. The molecule has 1 aromatic rings. The lowest BCUT2D eigenvalue weighted by Crippen LogP contribution is -2.23. The van der Waals surface area contributed by atoms with Gasteiger partial charge in [0, 0.05) is 6.07 Å². The molecule has 0 fully saturated rings. The quantitative estimate of drug-likeness (QED) is 0.327. The molecule has 0 amide bonds. The van der Waals surface area contributed by atoms with E-state index >= 15 is 0 Å². The average molecular weight is 255 g/mol. The van der Waals surface area contributed by atoms with Crippen LogP contribution in [-0.4, -0.2) is 34.8 Å². The smallest absolute Gasteiger partial charge is 0.292 e. The minimum Gasteiger partial charge on any atom is -0.393 e. The largest absolute Gasteiger partial charge is 0.393 e. The Hall–Kier alpha value is -1.70. The molecule has 7 heteroatoms. The molecule has 0 spiro atoms. The first-order valence-electron chi connectivity index (χ1n) is 5.52. The van der Waals surface area contributed by atoms with Crippen molar-refractivity contribution in [1.29, 1.82) is 0 Å². The predicted molar refractivity (Wildman–Crippen MR) is 67.0 cm³/mol. The maximum absolute atomic E-state index is 10.6. The number of hydrogen-bond donors (Lipinski definition) is 4. The van der Waals surface area contributed by atoms with E-state index < -0.39 is 17.1 Å². The third-order valence-electron chi connectivity index (χ3n) is 2.64. The molecule has 0 saturated heterocycles. The molecule has 5 N–H and O–H groups in total. The van der Waals surface area contributed by atoms with Crippen molar-refractivity contribution in [3.63, 3.8) is 0 Å². The van der Waals surface area contributed by atoms with Gasteiger partial charge in [-0.05, 0) is 37.7 Å². The highest BCUT2D eigenvalue weighted by Gasteiger charge is 2.20. The second-order valence-electron chi connectivity index (χ2n) is 3.98. The number of hydrogen-bond acceptors (Lipinski definition) is 6. The second-order valence-corrected chi connectivity index (χ2v) is 3.98. The number of aliphatic hydroxyl groups excluding tert-OH is 2. The standard InChI is InChI=1S/C11H17N3O4/c1-13-5-4-10(15)11(16)7-2-3-9(14(17)18)8(12)6-7/h2-3,6,10-11,13,15-16H,4-5,12H2,1H3. The molecule has 2 unspecified atom stereocenters. The third-order valence-corrected chi connectivity index (χ3v) is 2.64. The highest BCUT2D eigenvalue weighted by Crippen LogP contribution is 2.27. The van der Waals surface area contributed by atoms with Gasteiger partial charge in [0.15, 0.2) is 0 Å². The fourth-order valence-electron chi connectivity index (χ4n) is 1.60.